The van der Waals surface area contributed by atoms with Crippen LogP contribution in [0, 0.1) is 0 Å². The van der Waals surface area contributed by atoms with Gasteiger partial charge in [0, 0.05) is 23.3 Å². The Balaban J connectivity index is 2.04. The number of rotatable bonds is 7. The first-order valence-electron chi connectivity index (χ1n) is 9.20. The molecule has 0 fully saturated rings. The van der Waals surface area contributed by atoms with Gasteiger partial charge in [0.25, 0.3) is 5.91 Å². The Bertz CT molecular complexity index is 1050. The Morgan fingerprint density at radius 3 is 2.50 bits per heavy atom. The highest BCUT2D eigenvalue weighted by atomic mass is 32.1. The molecule has 0 saturated carbocycles. The quantitative estimate of drug-likeness (QED) is 0.554. The third-order valence-corrected chi connectivity index (χ3v) is 5.08. The van der Waals surface area contributed by atoms with Crippen molar-refractivity contribution < 1.29 is 23.8 Å². The fourth-order valence-corrected chi connectivity index (χ4v) is 3.77. The van der Waals surface area contributed by atoms with Crippen LogP contribution in [-0.2, 0) is 4.74 Å². The van der Waals surface area contributed by atoms with Crippen LogP contribution in [0.2, 0.25) is 0 Å². The lowest BCUT2D eigenvalue weighted by Gasteiger charge is -2.13. The van der Waals surface area contributed by atoms with Crippen LogP contribution in [0.15, 0.2) is 48.1 Å². The number of benzene rings is 1. The summed E-state index contributed by atoms with van der Waals surface area (Å²) in [7, 11) is 3.10. The van der Waals surface area contributed by atoms with Gasteiger partial charge in [-0.2, -0.15) is 0 Å². The van der Waals surface area contributed by atoms with Crippen molar-refractivity contribution in [3.05, 3.63) is 59.2 Å². The molecule has 3 aromatic rings. The van der Waals surface area contributed by atoms with E-state index in [-0.39, 0.29) is 17.6 Å². The molecule has 0 aliphatic rings. The number of methoxy groups -OCH3 is 2. The molecule has 0 bridgehead atoms. The average molecular weight is 426 g/mol. The fraction of sp³-hybridized carbons (Fsp3) is 0.227. The molecule has 3 rings (SSSR count). The number of aromatic nitrogens is 1. The number of pyridine rings is 1. The van der Waals surface area contributed by atoms with Crippen molar-refractivity contribution in [2.75, 3.05) is 19.5 Å². The summed E-state index contributed by atoms with van der Waals surface area (Å²) in [6, 6.07) is 8.68. The summed E-state index contributed by atoms with van der Waals surface area (Å²) in [5, 5.41) is 5.01. The molecule has 1 aromatic carbocycles. The lowest BCUT2D eigenvalue weighted by molar-refractivity contribution is 0.0380. The van der Waals surface area contributed by atoms with Gasteiger partial charge in [-0.1, -0.05) is 6.07 Å². The molecular formula is C22H22N2O5S. The maximum absolute atomic E-state index is 12.9. The maximum Gasteiger partial charge on any atom is 0.342 e. The molecule has 0 atom stereocenters. The van der Waals surface area contributed by atoms with Gasteiger partial charge in [0.2, 0.25) is 0 Å². The zero-order valence-corrected chi connectivity index (χ0v) is 17.9. The highest BCUT2D eigenvalue weighted by Crippen LogP contribution is 2.39. The number of thiophene rings is 1. The zero-order chi connectivity index (χ0) is 21.7. The van der Waals surface area contributed by atoms with E-state index in [0.717, 1.165) is 5.56 Å². The predicted octanol–water partition coefficient (Wildman–Crippen LogP) is 4.64. The molecule has 7 nitrogen and oxygen atoms in total. The normalized spacial score (nSPS) is 10.6. The second kappa shape index (κ2) is 9.41. The standard InChI is InChI=1S/C22H22N2O5S/c1-13(2)29-22(26)19-16(14-7-8-17(27-3)18(10-14)28-4)12-30-21(19)24-20(25)15-6-5-9-23-11-15/h5-13H,1-4H3,(H,24,25). The molecule has 0 aliphatic carbocycles. The summed E-state index contributed by atoms with van der Waals surface area (Å²) in [5.74, 6) is 0.234. The highest BCUT2D eigenvalue weighted by Gasteiger charge is 2.24. The number of esters is 1. The third kappa shape index (κ3) is 4.60. The van der Waals surface area contributed by atoms with Crippen LogP contribution in [0.5, 0.6) is 11.5 Å². The molecule has 8 heteroatoms. The Hall–Kier alpha value is -3.39. The first kappa shape index (κ1) is 21.3. The first-order valence-corrected chi connectivity index (χ1v) is 10.1. The Kier molecular flexibility index (Phi) is 6.68. The van der Waals surface area contributed by atoms with Gasteiger partial charge in [0.1, 0.15) is 10.6 Å². The van der Waals surface area contributed by atoms with Crippen LogP contribution >= 0.6 is 11.3 Å². The Morgan fingerprint density at radius 2 is 1.87 bits per heavy atom. The van der Waals surface area contributed by atoms with Gasteiger partial charge < -0.3 is 19.5 Å². The van der Waals surface area contributed by atoms with E-state index in [2.05, 4.69) is 10.3 Å². The number of anilines is 1. The van der Waals surface area contributed by atoms with E-state index in [9.17, 15) is 9.59 Å². The summed E-state index contributed by atoms with van der Waals surface area (Å²) in [5.41, 5.74) is 2.05. The molecule has 1 N–H and O–H groups in total. The summed E-state index contributed by atoms with van der Waals surface area (Å²) in [6.45, 7) is 3.54. The minimum Gasteiger partial charge on any atom is -0.493 e. The number of nitrogens with zero attached hydrogens (tertiary/aromatic N) is 1. The number of amides is 1. The van der Waals surface area contributed by atoms with Crippen molar-refractivity contribution in [1.29, 1.82) is 0 Å². The van der Waals surface area contributed by atoms with E-state index >= 15 is 0 Å². The minimum atomic E-state index is -0.516. The largest absolute Gasteiger partial charge is 0.493 e. The summed E-state index contributed by atoms with van der Waals surface area (Å²) < 4.78 is 16.1. The lowest BCUT2D eigenvalue weighted by atomic mass is 10.0. The average Bonchev–Trinajstić information content (AvgIpc) is 3.16. The molecule has 30 heavy (non-hydrogen) atoms. The molecule has 0 aliphatic heterocycles. The Labute approximate surface area is 178 Å². The van der Waals surface area contributed by atoms with Crippen molar-refractivity contribution in [3.63, 3.8) is 0 Å². The second-order valence-corrected chi connectivity index (χ2v) is 7.45. The summed E-state index contributed by atoms with van der Waals surface area (Å²) in [6.07, 6.45) is 2.74. The van der Waals surface area contributed by atoms with Crippen LogP contribution in [0.3, 0.4) is 0 Å². The van der Waals surface area contributed by atoms with Crippen LogP contribution < -0.4 is 14.8 Å². The van der Waals surface area contributed by atoms with Crippen LogP contribution in [0.4, 0.5) is 5.00 Å². The molecule has 0 unspecified atom stereocenters. The maximum atomic E-state index is 12.9. The second-order valence-electron chi connectivity index (χ2n) is 6.57. The fourth-order valence-electron chi connectivity index (χ4n) is 2.81. The van der Waals surface area contributed by atoms with Crippen molar-refractivity contribution in [2.45, 2.75) is 20.0 Å². The molecule has 2 aromatic heterocycles. The van der Waals surface area contributed by atoms with Crippen molar-refractivity contribution >= 4 is 28.2 Å². The van der Waals surface area contributed by atoms with Gasteiger partial charge in [0.15, 0.2) is 11.5 Å². The monoisotopic (exact) mass is 426 g/mol. The Morgan fingerprint density at radius 1 is 1.10 bits per heavy atom. The van der Waals surface area contributed by atoms with Gasteiger partial charge >= 0.3 is 5.97 Å². The smallest absolute Gasteiger partial charge is 0.342 e. The van der Waals surface area contributed by atoms with Crippen LogP contribution in [0.1, 0.15) is 34.6 Å². The topological polar surface area (TPSA) is 86.8 Å². The number of hydrogen-bond acceptors (Lipinski definition) is 7. The van der Waals surface area contributed by atoms with Gasteiger partial charge in [0.05, 0.1) is 25.9 Å². The van der Waals surface area contributed by atoms with E-state index < -0.39 is 5.97 Å². The van der Waals surface area contributed by atoms with Gasteiger partial charge in [-0.25, -0.2) is 4.79 Å². The molecule has 0 radical (unpaired) electrons. The van der Waals surface area contributed by atoms with Crippen molar-refractivity contribution in [2.24, 2.45) is 0 Å². The van der Waals surface area contributed by atoms with Gasteiger partial charge in [-0.3, -0.25) is 9.78 Å². The molecule has 2 heterocycles. The van der Waals surface area contributed by atoms with E-state index in [1.165, 1.54) is 17.5 Å². The third-order valence-electron chi connectivity index (χ3n) is 4.18. The lowest BCUT2D eigenvalue weighted by Crippen LogP contribution is -2.16. The molecule has 1 amide bonds. The van der Waals surface area contributed by atoms with Crippen LogP contribution in [0.25, 0.3) is 11.1 Å². The van der Waals surface area contributed by atoms with Gasteiger partial charge in [-0.15, -0.1) is 11.3 Å². The van der Waals surface area contributed by atoms with E-state index in [1.807, 2.05) is 6.07 Å². The molecule has 0 spiro atoms. The van der Waals surface area contributed by atoms with Crippen molar-refractivity contribution in [3.8, 4) is 22.6 Å². The predicted molar refractivity (Wildman–Crippen MR) is 116 cm³/mol. The molecular weight excluding hydrogens is 404 g/mol. The SMILES string of the molecule is COc1ccc(-c2csc(NC(=O)c3cccnc3)c2C(=O)OC(C)C)cc1OC. The number of ether oxygens (including phenoxy) is 3. The highest BCUT2D eigenvalue weighted by molar-refractivity contribution is 7.15. The zero-order valence-electron chi connectivity index (χ0n) is 17.1. The van der Waals surface area contributed by atoms with E-state index in [4.69, 9.17) is 14.2 Å². The number of nitrogens with one attached hydrogen (secondary N) is 1. The van der Waals surface area contributed by atoms with Gasteiger partial charge in [-0.05, 0) is 43.7 Å². The minimum absolute atomic E-state index is 0.290. The number of hydrogen-bond donors (Lipinski definition) is 1. The molecule has 156 valence electrons. The first-order chi connectivity index (χ1) is 14.4. The van der Waals surface area contributed by atoms with Crippen molar-refractivity contribution in [1.82, 2.24) is 4.98 Å². The van der Waals surface area contributed by atoms with E-state index in [1.54, 1.807) is 63.9 Å². The van der Waals surface area contributed by atoms with Crippen LogP contribution in [-0.4, -0.2) is 37.2 Å². The summed E-state index contributed by atoms with van der Waals surface area (Å²) >= 11 is 1.25. The summed E-state index contributed by atoms with van der Waals surface area (Å²) in [4.78, 5) is 29.5. The number of carbonyl (C=O) groups excluding carboxylic acids is 2. The van der Waals surface area contributed by atoms with E-state index in [0.29, 0.717) is 27.6 Å². The molecule has 0 saturated heterocycles. The number of carbonyl (C=O) groups is 2.